The van der Waals surface area contributed by atoms with Crippen LogP contribution in [0.3, 0.4) is 0 Å². The maximum absolute atomic E-state index is 2.91. The van der Waals surface area contributed by atoms with E-state index in [1.165, 1.54) is 51.8 Å². The minimum atomic E-state index is -2.91. The van der Waals surface area contributed by atoms with Crippen molar-refractivity contribution in [1.29, 1.82) is 0 Å². The largest absolute Gasteiger partial charge is 1.00 e. The van der Waals surface area contributed by atoms with E-state index >= 15 is 0 Å². The molecule has 1 unspecified atom stereocenters. The van der Waals surface area contributed by atoms with E-state index in [9.17, 15) is 0 Å². The van der Waals surface area contributed by atoms with E-state index in [1.54, 1.807) is 17.6 Å². The fraction of sp³-hybridized carbons (Fsp3) is 0.370. The van der Waals surface area contributed by atoms with Gasteiger partial charge in [-0.2, -0.15) is 0 Å². The molecule has 0 saturated heterocycles. The van der Waals surface area contributed by atoms with Crippen LogP contribution in [0.2, 0.25) is 0 Å². The summed E-state index contributed by atoms with van der Waals surface area (Å²) in [6.07, 6.45) is 7.78. The van der Waals surface area contributed by atoms with Crippen molar-refractivity contribution in [2.75, 3.05) is 0 Å². The molecule has 0 amide bonds. The number of hydrogen-bond acceptors (Lipinski definition) is 0. The summed E-state index contributed by atoms with van der Waals surface area (Å²) in [6, 6.07) is 37.8. The van der Waals surface area contributed by atoms with Gasteiger partial charge in [-0.25, -0.2) is 0 Å². The molecule has 0 saturated carbocycles. The van der Waals surface area contributed by atoms with E-state index in [1.807, 2.05) is 0 Å². The fourth-order valence-corrected chi connectivity index (χ4v) is 17.2. The molecule has 0 spiro atoms. The Balaban J connectivity index is 0.00000270. The second-order valence-corrected chi connectivity index (χ2v) is 23.0. The third-order valence-corrected chi connectivity index (χ3v) is 18.8. The van der Waals surface area contributed by atoms with Crippen molar-refractivity contribution < 1.29 is 46.1 Å². The van der Waals surface area contributed by atoms with E-state index in [4.69, 9.17) is 0 Å². The molecule has 0 aromatic heterocycles. The van der Waals surface area contributed by atoms with Crippen LogP contribution in [-0.2, 0) is 32.1 Å². The Labute approximate surface area is 317 Å². The van der Waals surface area contributed by atoms with Gasteiger partial charge in [-0.3, -0.25) is 0 Å². The molecule has 0 N–H and O–H groups in total. The molecule has 1 atom stereocenters. The van der Waals surface area contributed by atoms with Crippen molar-refractivity contribution >= 4 is 3.21 Å². The predicted octanol–water partition coefficient (Wildman–Crippen LogP) is 6.53. The summed E-state index contributed by atoms with van der Waals surface area (Å²) in [5, 5.41) is 0. The van der Waals surface area contributed by atoms with Crippen molar-refractivity contribution in [3.63, 3.8) is 0 Å². The first-order valence-electron chi connectivity index (χ1n) is 17.8. The number of benzene rings is 4. The molecular formula is C46H54Cl2Zr. The van der Waals surface area contributed by atoms with Gasteiger partial charge in [0, 0.05) is 0 Å². The molecule has 4 aromatic carbocycles. The monoisotopic (exact) mass is 766 g/mol. The first kappa shape index (κ1) is 39.5. The Morgan fingerprint density at radius 1 is 0.592 bits per heavy atom. The van der Waals surface area contributed by atoms with Crippen LogP contribution in [0.4, 0.5) is 0 Å². The van der Waals surface area contributed by atoms with Gasteiger partial charge in [-0.15, -0.1) is 0 Å². The van der Waals surface area contributed by atoms with Crippen LogP contribution >= 0.6 is 0 Å². The number of allylic oxidation sites excluding steroid dienone is 4. The van der Waals surface area contributed by atoms with Crippen LogP contribution in [0, 0.1) is 11.3 Å². The van der Waals surface area contributed by atoms with Crippen LogP contribution in [0.5, 0.6) is 0 Å². The molecule has 49 heavy (non-hydrogen) atoms. The number of hydrogen-bond donors (Lipinski definition) is 0. The zero-order valence-electron chi connectivity index (χ0n) is 31.2. The molecule has 4 aromatic rings. The molecule has 3 heteroatoms. The Hall–Kier alpha value is -2.31. The summed E-state index contributed by atoms with van der Waals surface area (Å²) in [5.41, 5.74) is 13.5. The van der Waals surface area contributed by atoms with Gasteiger partial charge >= 0.3 is 295 Å². The molecule has 256 valence electrons. The number of fused-ring (bicyclic) bond motifs is 3. The zero-order valence-corrected chi connectivity index (χ0v) is 35.2. The summed E-state index contributed by atoms with van der Waals surface area (Å²) in [7, 11) is 0. The number of halogens is 2. The smallest absolute Gasteiger partial charge is 1.00 e. The average molecular weight is 769 g/mol. The third-order valence-electron chi connectivity index (χ3n) is 10.3. The van der Waals surface area contributed by atoms with Crippen molar-refractivity contribution in [3.05, 3.63) is 151 Å². The third kappa shape index (κ3) is 7.96. The van der Waals surface area contributed by atoms with E-state index in [0.717, 1.165) is 0 Å². The Kier molecular flexibility index (Phi) is 12.2. The first-order chi connectivity index (χ1) is 22.2. The van der Waals surface area contributed by atoms with Crippen molar-refractivity contribution in [2.45, 2.75) is 96.5 Å². The van der Waals surface area contributed by atoms with Gasteiger partial charge in [0.25, 0.3) is 0 Å². The Morgan fingerprint density at radius 3 is 1.43 bits per heavy atom. The molecule has 0 aliphatic heterocycles. The first-order valence-corrected chi connectivity index (χ1v) is 21.6. The minimum Gasteiger partial charge on any atom is -1.00 e. The van der Waals surface area contributed by atoms with Crippen LogP contribution in [0.1, 0.15) is 119 Å². The van der Waals surface area contributed by atoms with E-state index in [2.05, 4.69) is 178 Å². The normalized spacial score (nSPS) is 15.6. The Bertz CT molecular complexity index is 1770. The molecule has 0 heterocycles. The van der Waals surface area contributed by atoms with Crippen LogP contribution < -0.4 is 24.8 Å². The summed E-state index contributed by atoms with van der Waals surface area (Å²) in [4.78, 5) is 0. The van der Waals surface area contributed by atoms with Gasteiger partial charge in [0.1, 0.15) is 0 Å². The van der Waals surface area contributed by atoms with Crippen molar-refractivity contribution in [2.24, 2.45) is 11.3 Å². The summed E-state index contributed by atoms with van der Waals surface area (Å²) in [5.74, 6) is 0.496. The van der Waals surface area contributed by atoms with Crippen LogP contribution in [0.15, 0.2) is 118 Å². The van der Waals surface area contributed by atoms with Crippen LogP contribution in [-0.4, -0.2) is 3.21 Å². The van der Waals surface area contributed by atoms with Gasteiger partial charge in [0.05, 0.1) is 0 Å². The molecule has 2 aliphatic rings. The van der Waals surface area contributed by atoms with Crippen molar-refractivity contribution in [1.82, 2.24) is 0 Å². The van der Waals surface area contributed by atoms with E-state index in [-0.39, 0.29) is 41.1 Å². The van der Waals surface area contributed by atoms with Gasteiger partial charge < -0.3 is 24.8 Å². The van der Waals surface area contributed by atoms with Gasteiger partial charge in [-0.05, 0) is 0 Å². The molecule has 0 fully saturated rings. The molecule has 2 aliphatic carbocycles. The SMILES string of the molecule is CCCC1C=C(C(C)(C)C)C=[C]1[Zr+2](=[C](c1ccccc1)c1ccccc1)[CH]1c2cc(C(C)(C)C)ccc2-c2ccc(C(C)(C)C)cc21.[Cl-].[Cl-]. The molecular weight excluding hydrogens is 715 g/mol. The predicted molar refractivity (Wildman–Crippen MR) is 201 cm³/mol. The fourth-order valence-electron chi connectivity index (χ4n) is 7.57. The minimum absolute atomic E-state index is 0. The van der Waals surface area contributed by atoms with Crippen LogP contribution in [0.25, 0.3) is 11.1 Å². The second kappa shape index (κ2) is 15.1. The van der Waals surface area contributed by atoms with Gasteiger partial charge in [0.2, 0.25) is 0 Å². The standard InChI is InChI=1S/C21H25.C13H10.C12H19.2ClH.Zr/c1-20(2,3)16-7-9-18-14(12-16)11-15-13-17(21(4,5)6)8-10-19(15)18;1-3-7-12(8-4-1)11-13-9-5-2-6-10-13;1-5-6-10-7-8-11(9-10)12(2,3)4;;;/h7-13H,1-6H3;1-10H;8-10H,5-6H2,1-4H3;2*1H;/q;;;;;+2/p-2. The number of rotatable bonds is 6. The van der Waals surface area contributed by atoms with Gasteiger partial charge in [0.15, 0.2) is 0 Å². The van der Waals surface area contributed by atoms with E-state index < -0.39 is 21.3 Å². The maximum Gasteiger partial charge on any atom is -1.00 e. The molecule has 0 radical (unpaired) electrons. The average Bonchev–Trinajstić information content (AvgIpc) is 3.59. The summed E-state index contributed by atoms with van der Waals surface area (Å²) >= 11 is -2.91. The zero-order chi connectivity index (χ0) is 33.7. The molecule has 6 rings (SSSR count). The molecule has 0 bridgehead atoms. The summed E-state index contributed by atoms with van der Waals surface area (Å²) in [6.45, 7) is 23.8. The molecule has 0 nitrogen and oxygen atoms in total. The van der Waals surface area contributed by atoms with Crippen molar-refractivity contribution in [3.8, 4) is 11.1 Å². The Morgan fingerprint density at radius 2 is 1.04 bits per heavy atom. The van der Waals surface area contributed by atoms with E-state index in [0.29, 0.717) is 9.54 Å². The second-order valence-electron chi connectivity index (χ2n) is 16.9. The topological polar surface area (TPSA) is 0 Å². The van der Waals surface area contributed by atoms with Gasteiger partial charge in [-0.1, -0.05) is 0 Å². The maximum atomic E-state index is 2.71. The quantitative estimate of drug-likeness (QED) is 0.210. The summed E-state index contributed by atoms with van der Waals surface area (Å²) < 4.78 is 3.80.